The molecule has 0 atom stereocenters. The molecular formula is C8H8BrIO2. The summed E-state index contributed by atoms with van der Waals surface area (Å²) in [5.41, 5.74) is 0. The number of benzene rings is 1. The van der Waals surface area contributed by atoms with Crippen LogP contribution in [0.3, 0.4) is 0 Å². The van der Waals surface area contributed by atoms with Gasteiger partial charge in [-0.15, -0.1) is 0 Å². The first kappa shape index (κ1) is 9.98. The summed E-state index contributed by atoms with van der Waals surface area (Å²) in [6.45, 7) is 1.43. The number of hydrogen-bond acceptors (Lipinski definition) is 2. The zero-order valence-electron chi connectivity index (χ0n) is 6.46. The molecule has 0 heterocycles. The Bertz CT molecular complexity index is 263. The van der Waals surface area contributed by atoms with Gasteiger partial charge in [0.25, 0.3) is 0 Å². The van der Waals surface area contributed by atoms with Crippen molar-refractivity contribution in [3.05, 3.63) is 33.9 Å². The van der Waals surface area contributed by atoms with Gasteiger partial charge in [0.05, 0.1) is 0 Å². The molecule has 0 N–H and O–H groups in total. The zero-order chi connectivity index (χ0) is 8.97. The summed E-state index contributed by atoms with van der Waals surface area (Å²) in [6, 6.07) is 9.73. The summed E-state index contributed by atoms with van der Waals surface area (Å²) in [6.07, 6.45) is 0. The molecule has 0 aliphatic heterocycles. The Hall–Kier alpha value is -0.100. The van der Waals surface area contributed by atoms with Crippen molar-refractivity contribution in [2.24, 2.45) is 0 Å². The number of rotatable bonds is 2. The second-order valence-corrected chi connectivity index (χ2v) is 8.59. The SMILES string of the molecule is CC(=O)OI(Br)c1ccccc1. The Morgan fingerprint density at radius 2 is 2.00 bits per heavy atom. The van der Waals surface area contributed by atoms with Crippen LogP contribution in [0, 0.1) is 3.57 Å². The quantitative estimate of drug-likeness (QED) is 0.772. The van der Waals surface area contributed by atoms with Gasteiger partial charge in [-0.25, -0.2) is 0 Å². The van der Waals surface area contributed by atoms with E-state index < -0.39 is 18.0 Å². The summed E-state index contributed by atoms with van der Waals surface area (Å²) in [7, 11) is 0. The van der Waals surface area contributed by atoms with Gasteiger partial charge in [0.2, 0.25) is 0 Å². The molecule has 0 aliphatic rings. The maximum absolute atomic E-state index is 10.6. The predicted molar refractivity (Wildman–Crippen MR) is 59.9 cm³/mol. The Morgan fingerprint density at radius 1 is 1.42 bits per heavy atom. The second kappa shape index (κ2) is 4.81. The minimum atomic E-state index is -1.82. The second-order valence-electron chi connectivity index (χ2n) is 2.07. The predicted octanol–water partition coefficient (Wildman–Crippen LogP) is 3.15. The van der Waals surface area contributed by atoms with Crippen molar-refractivity contribution in [3.63, 3.8) is 0 Å². The molecule has 0 saturated heterocycles. The molecule has 0 unspecified atom stereocenters. The fraction of sp³-hybridized carbons (Fsp3) is 0.125. The van der Waals surface area contributed by atoms with Gasteiger partial charge in [0.15, 0.2) is 0 Å². The molecule has 66 valence electrons. The number of hydrogen-bond donors (Lipinski definition) is 0. The van der Waals surface area contributed by atoms with Crippen LogP contribution in [0.1, 0.15) is 6.92 Å². The van der Waals surface area contributed by atoms with Crippen LogP contribution in [-0.2, 0) is 7.86 Å². The fourth-order valence-electron chi connectivity index (χ4n) is 0.654. The zero-order valence-corrected chi connectivity index (χ0v) is 10.2. The van der Waals surface area contributed by atoms with Crippen molar-refractivity contribution in [1.29, 1.82) is 0 Å². The van der Waals surface area contributed by atoms with Crippen LogP contribution >= 0.6 is 30.7 Å². The van der Waals surface area contributed by atoms with Crippen LogP contribution in [-0.4, -0.2) is 5.97 Å². The Morgan fingerprint density at radius 3 is 2.50 bits per heavy atom. The van der Waals surface area contributed by atoms with E-state index in [4.69, 9.17) is 3.07 Å². The Kier molecular flexibility index (Phi) is 4.00. The van der Waals surface area contributed by atoms with Crippen LogP contribution in [0.15, 0.2) is 30.3 Å². The summed E-state index contributed by atoms with van der Waals surface area (Å²) < 4.78 is 6.16. The van der Waals surface area contributed by atoms with E-state index in [1.54, 1.807) is 0 Å². The monoisotopic (exact) mass is 342 g/mol. The number of halogens is 2. The standard InChI is InChI=1S/C8H8BrIO2/c1-7(11)12-10(9)8-5-3-2-4-6-8/h2-6H,1H3. The van der Waals surface area contributed by atoms with Crippen molar-refractivity contribution >= 4 is 36.7 Å². The van der Waals surface area contributed by atoms with Crippen molar-refractivity contribution in [3.8, 4) is 0 Å². The Labute approximate surface area is 85.0 Å². The molecule has 1 rings (SSSR count). The molecule has 0 radical (unpaired) electrons. The van der Waals surface area contributed by atoms with Crippen molar-refractivity contribution in [2.45, 2.75) is 6.92 Å². The molecule has 4 heteroatoms. The van der Waals surface area contributed by atoms with Crippen molar-refractivity contribution < 1.29 is 7.86 Å². The molecule has 0 spiro atoms. The number of carbonyl (C=O) groups is 1. The van der Waals surface area contributed by atoms with Gasteiger partial charge in [-0.3, -0.25) is 0 Å². The molecule has 1 aromatic carbocycles. The van der Waals surface area contributed by atoms with Gasteiger partial charge in [0.1, 0.15) is 0 Å². The molecular weight excluding hydrogens is 335 g/mol. The molecule has 0 bridgehead atoms. The third-order valence-electron chi connectivity index (χ3n) is 1.08. The van der Waals surface area contributed by atoms with Crippen LogP contribution in [0.5, 0.6) is 0 Å². The first-order chi connectivity index (χ1) is 5.70. The summed E-state index contributed by atoms with van der Waals surface area (Å²) >= 11 is 1.58. The molecule has 0 aliphatic carbocycles. The molecule has 0 fully saturated rings. The summed E-state index contributed by atoms with van der Waals surface area (Å²) in [5, 5.41) is 0. The molecule has 2 nitrogen and oxygen atoms in total. The van der Waals surface area contributed by atoms with Gasteiger partial charge in [-0.05, 0) is 0 Å². The molecule has 0 aromatic heterocycles. The van der Waals surface area contributed by atoms with Gasteiger partial charge in [0, 0.05) is 0 Å². The van der Waals surface area contributed by atoms with Gasteiger partial charge in [-0.2, -0.15) is 0 Å². The molecule has 1 aromatic rings. The van der Waals surface area contributed by atoms with Gasteiger partial charge < -0.3 is 0 Å². The average molecular weight is 343 g/mol. The van der Waals surface area contributed by atoms with Crippen LogP contribution in [0.2, 0.25) is 0 Å². The fourth-order valence-corrected chi connectivity index (χ4v) is 4.93. The van der Waals surface area contributed by atoms with Crippen LogP contribution in [0.25, 0.3) is 0 Å². The van der Waals surface area contributed by atoms with Gasteiger partial charge in [-0.1, -0.05) is 0 Å². The van der Waals surface area contributed by atoms with E-state index in [-0.39, 0.29) is 5.97 Å². The van der Waals surface area contributed by atoms with E-state index in [0.717, 1.165) is 3.57 Å². The Balaban J connectivity index is 2.65. The average Bonchev–Trinajstić information content (AvgIpc) is 2.05. The van der Waals surface area contributed by atoms with E-state index in [1.807, 2.05) is 30.3 Å². The normalized spacial score (nSPS) is 10.7. The third kappa shape index (κ3) is 3.10. The van der Waals surface area contributed by atoms with E-state index in [0.29, 0.717) is 0 Å². The van der Waals surface area contributed by atoms with E-state index in [2.05, 4.69) is 12.7 Å². The molecule has 12 heavy (non-hydrogen) atoms. The first-order valence-corrected chi connectivity index (χ1v) is 10.1. The van der Waals surface area contributed by atoms with Crippen LogP contribution < -0.4 is 0 Å². The first-order valence-electron chi connectivity index (χ1n) is 3.31. The summed E-state index contributed by atoms with van der Waals surface area (Å²) in [4.78, 5) is 10.6. The molecule has 0 amide bonds. The minimum absolute atomic E-state index is 0.221. The third-order valence-corrected chi connectivity index (χ3v) is 6.93. The van der Waals surface area contributed by atoms with E-state index in [9.17, 15) is 4.79 Å². The van der Waals surface area contributed by atoms with Crippen molar-refractivity contribution in [2.75, 3.05) is 0 Å². The van der Waals surface area contributed by atoms with Crippen molar-refractivity contribution in [1.82, 2.24) is 0 Å². The van der Waals surface area contributed by atoms with Gasteiger partial charge >= 0.3 is 85.4 Å². The number of carbonyl (C=O) groups excluding carboxylic acids is 1. The molecule has 0 saturated carbocycles. The topological polar surface area (TPSA) is 26.3 Å². The maximum atomic E-state index is 10.6. The van der Waals surface area contributed by atoms with E-state index in [1.165, 1.54) is 6.92 Å². The van der Waals surface area contributed by atoms with Crippen LogP contribution in [0.4, 0.5) is 0 Å². The van der Waals surface area contributed by atoms with E-state index >= 15 is 0 Å². The summed E-state index contributed by atoms with van der Waals surface area (Å²) in [5.74, 6) is -0.221.